The first-order valence-corrected chi connectivity index (χ1v) is 1.31. The minimum atomic E-state index is -3.67. The van der Waals surface area contributed by atoms with Gasteiger partial charge < -0.3 is 0 Å². The molecule has 10 heavy (non-hydrogen) atoms. The molecule has 61 valence electrons. The Labute approximate surface area is 78.3 Å². The Balaban J connectivity index is -0.0000000300. The van der Waals surface area contributed by atoms with E-state index in [1.54, 1.807) is 0 Å². The van der Waals surface area contributed by atoms with Gasteiger partial charge in [0.05, 0.1) is 0 Å². The Morgan fingerprint density at radius 3 is 0.600 bits per heavy atom. The number of halogens is 6. The maximum Gasteiger partial charge on any atom is 0.379 e. The Bertz CT molecular complexity index is 31.2. The fraction of sp³-hybridized carbons (Fsp3) is 1.00. The summed E-state index contributed by atoms with van der Waals surface area (Å²) in [5.41, 5.74) is 0. The number of rotatable bonds is 0. The van der Waals surface area contributed by atoms with Crippen molar-refractivity contribution in [1.29, 1.82) is 0 Å². The first kappa shape index (κ1) is 22.4. The van der Waals surface area contributed by atoms with E-state index in [4.69, 9.17) is 0 Å². The van der Waals surface area contributed by atoms with E-state index < -0.39 is 13.4 Å². The maximum atomic E-state index is 9.67. The molecule has 0 aromatic heterocycles. The summed E-state index contributed by atoms with van der Waals surface area (Å²) in [6.45, 7) is -7.33. The molecule has 0 aliphatic heterocycles. The van der Waals surface area contributed by atoms with Gasteiger partial charge in [-0.05, 0) is 0 Å². The van der Waals surface area contributed by atoms with Crippen LogP contribution in [-0.2, 0) is 19.5 Å². The van der Waals surface area contributed by atoms with Crippen molar-refractivity contribution in [2.75, 3.05) is 0 Å². The van der Waals surface area contributed by atoms with Crippen LogP contribution in [0.25, 0.3) is 0 Å². The third-order valence-corrected chi connectivity index (χ3v) is 0. The molecular formula is C2H2F6LiRu. The zero-order valence-corrected chi connectivity index (χ0v) is 6.51. The van der Waals surface area contributed by atoms with Crippen molar-refractivity contribution in [3.63, 3.8) is 0 Å². The van der Waals surface area contributed by atoms with Gasteiger partial charge in [-0.3, -0.25) is 0 Å². The quantitative estimate of drug-likeness (QED) is 0.454. The summed E-state index contributed by atoms with van der Waals surface area (Å²) >= 11 is 0. The van der Waals surface area contributed by atoms with E-state index in [0.29, 0.717) is 0 Å². The van der Waals surface area contributed by atoms with Crippen molar-refractivity contribution >= 4 is 18.9 Å². The fourth-order valence-electron chi connectivity index (χ4n) is 0. The van der Waals surface area contributed by atoms with Gasteiger partial charge in [-0.15, -0.1) is 0 Å². The van der Waals surface area contributed by atoms with E-state index in [1.165, 1.54) is 0 Å². The topological polar surface area (TPSA) is 0 Å². The average Bonchev–Trinajstić information content (AvgIpc) is 1.25. The van der Waals surface area contributed by atoms with Gasteiger partial charge in [0.2, 0.25) is 0 Å². The second-order valence-corrected chi connectivity index (χ2v) is 0.495. The van der Waals surface area contributed by atoms with Crippen molar-refractivity contribution in [2.24, 2.45) is 0 Å². The largest absolute Gasteiger partial charge is 0.379 e. The van der Waals surface area contributed by atoms with Crippen LogP contribution >= 0.6 is 0 Å². The van der Waals surface area contributed by atoms with Gasteiger partial charge in [0.25, 0.3) is 0 Å². The van der Waals surface area contributed by atoms with Crippen LogP contribution in [0.1, 0.15) is 0 Å². The number of alkyl halides is 6. The summed E-state index contributed by atoms with van der Waals surface area (Å²) in [7, 11) is 0. The molecule has 0 nitrogen and oxygen atoms in total. The van der Waals surface area contributed by atoms with E-state index in [9.17, 15) is 26.3 Å². The van der Waals surface area contributed by atoms with Gasteiger partial charge in [0, 0.05) is 38.3 Å². The van der Waals surface area contributed by atoms with E-state index in [0.717, 1.165) is 0 Å². The molecule has 1 radical (unpaired) electrons. The fourth-order valence-corrected chi connectivity index (χ4v) is 0. The standard InChI is InChI=1S/2CHF3.Li.Ru/c2*2-1(3)4;;/h2*1H;;. The predicted molar refractivity (Wildman–Crippen MR) is 20.0 cm³/mol. The van der Waals surface area contributed by atoms with Gasteiger partial charge in [-0.25, -0.2) is 0 Å². The normalized spacial score (nSPS) is 7.20. The van der Waals surface area contributed by atoms with E-state index >= 15 is 0 Å². The molecule has 0 fully saturated rings. The summed E-state index contributed by atoms with van der Waals surface area (Å²) in [4.78, 5) is 0. The first-order valence-electron chi connectivity index (χ1n) is 1.31. The maximum absolute atomic E-state index is 9.67. The summed E-state index contributed by atoms with van der Waals surface area (Å²) in [5, 5.41) is 0. The molecule has 0 spiro atoms. The smallest absolute Gasteiger partial charge is 0.174 e. The van der Waals surface area contributed by atoms with Gasteiger partial charge in [-0.2, -0.15) is 26.3 Å². The van der Waals surface area contributed by atoms with Crippen LogP contribution < -0.4 is 0 Å². The minimum Gasteiger partial charge on any atom is -0.174 e. The molecule has 0 bridgehead atoms. The molecule has 0 N–H and O–H groups in total. The molecule has 0 aromatic carbocycles. The Morgan fingerprint density at radius 2 is 0.600 bits per heavy atom. The van der Waals surface area contributed by atoms with Crippen molar-refractivity contribution in [2.45, 2.75) is 13.4 Å². The molecule has 0 aliphatic rings. The summed E-state index contributed by atoms with van der Waals surface area (Å²) in [6.07, 6.45) is 0. The third kappa shape index (κ3) is 835. The monoisotopic (exact) mass is 249 g/mol. The molecule has 0 amide bonds. The molecule has 0 saturated heterocycles. The molecule has 0 aliphatic carbocycles. The van der Waals surface area contributed by atoms with Crippen LogP contribution in [-0.4, -0.2) is 32.2 Å². The third-order valence-electron chi connectivity index (χ3n) is 0. The van der Waals surface area contributed by atoms with Crippen molar-refractivity contribution in [3.8, 4) is 0 Å². The van der Waals surface area contributed by atoms with E-state index in [2.05, 4.69) is 0 Å². The predicted octanol–water partition coefficient (Wildman–Crippen LogP) is 1.97. The molecule has 0 aromatic rings. The second kappa shape index (κ2) is 16.4. The van der Waals surface area contributed by atoms with Crippen LogP contribution in [0.5, 0.6) is 0 Å². The molecule has 8 heteroatoms. The van der Waals surface area contributed by atoms with Crippen LogP contribution in [0.4, 0.5) is 26.3 Å². The minimum absolute atomic E-state index is 0. The summed E-state index contributed by atoms with van der Waals surface area (Å²) < 4.78 is 58.0. The van der Waals surface area contributed by atoms with Gasteiger partial charge in [0.1, 0.15) is 0 Å². The summed E-state index contributed by atoms with van der Waals surface area (Å²) in [6, 6.07) is 0. The molecule has 0 saturated carbocycles. The average molecular weight is 248 g/mol. The first-order chi connectivity index (χ1) is 3.46. The van der Waals surface area contributed by atoms with Gasteiger partial charge >= 0.3 is 13.4 Å². The molecule has 0 heterocycles. The molecule has 0 atom stereocenters. The van der Waals surface area contributed by atoms with Crippen LogP contribution in [0.15, 0.2) is 0 Å². The summed E-state index contributed by atoms with van der Waals surface area (Å²) in [5.74, 6) is 0. The van der Waals surface area contributed by atoms with Crippen LogP contribution in [0.2, 0.25) is 0 Å². The zero-order chi connectivity index (χ0) is 7.15. The van der Waals surface area contributed by atoms with Gasteiger partial charge in [-0.1, -0.05) is 0 Å². The molecule has 0 unspecified atom stereocenters. The van der Waals surface area contributed by atoms with E-state index in [1.807, 2.05) is 0 Å². The Hall–Kier alpha value is 0.801. The SMILES string of the molecule is FC(F)F.FC(F)F.[Li].[Ru]. The Kier molecular flexibility index (Phi) is 36.8. The number of hydrogen-bond acceptors (Lipinski definition) is 0. The zero-order valence-electron chi connectivity index (χ0n) is 4.78. The molecular weight excluding hydrogens is 246 g/mol. The van der Waals surface area contributed by atoms with Gasteiger partial charge in [0.15, 0.2) is 0 Å². The van der Waals surface area contributed by atoms with Crippen molar-refractivity contribution in [3.05, 3.63) is 0 Å². The number of hydrogen-bond donors (Lipinski definition) is 0. The molecule has 0 rings (SSSR count). The van der Waals surface area contributed by atoms with Crippen LogP contribution in [0, 0.1) is 0 Å². The second-order valence-electron chi connectivity index (χ2n) is 0.495. The van der Waals surface area contributed by atoms with Crippen molar-refractivity contribution < 1.29 is 45.8 Å². The Morgan fingerprint density at radius 1 is 0.600 bits per heavy atom. The van der Waals surface area contributed by atoms with Crippen LogP contribution in [0.3, 0.4) is 0 Å². The van der Waals surface area contributed by atoms with Crippen molar-refractivity contribution in [1.82, 2.24) is 0 Å². The van der Waals surface area contributed by atoms with E-state index in [-0.39, 0.29) is 38.3 Å².